The van der Waals surface area contributed by atoms with Crippen LogP contribution in [0.15, 0.2) is 58.3 Å². The Morgan fingerprint density at radius 2 is 1.90 bits per heavy atom. The van der Waals surface area contributed by atoms with Crippen molar-refractivity contribution < 1.29 is 14.3 Å². The first kappa shape index (κ1) is 19.7. The number of phenols is 1. The second kappa shape index (κ2) is 8.41. The summed E-state index contributed by atoms with van der Waals surface area (Å²) in [7, 11) is 0. The molecule has 1 aliphatic heterocycles. The summed E-state index contributed by atoms with van der Waals surface area (Å²) in [6.07, 6.45) is 1.98. The van der Waals surface area contributed by atoms with Gasteiger partial charge in [0.15, 0.2) is 0 Å². The highest BCUT2D eigenvalue weighted by Gasteiger charge is 2.23. The third-order valence-corrected chi connectivity index (χ3v) is 5.50. The highest BCUT2D eigenvalue weighted by atomic mass is 35.5. The molecule has 0 radical (unpaired) electrons. The van der Waals surface area contributed by atoms with Gasteiger partial charge in [0.1, 0.15) is 11.3 Å². The van der Waals surface area contributed by atoms with Crippen molar-refractivity contribution in [3.05, 3.63) is 75.6 Å². The molecule has 2 aromatic carbocycles. The largest absolute Gasteiger partial charge is 0.506 e. The summed E-state index contributed by atoms with van der Waals surface area (Å²) in [6, 6.07) is 11.4. The standard InChI is InChI=1S/C23H22ClNO4/c1-2-6-16-21(26)19(24)13-17-20(15-7-4-3-5-8-15)18(23(27)29-22(16)17)14-25-9-11-28-12-10-25/h2-5,7-8,13,26H,1,6,9-12,14H2. The Kier molecular flexibility index (Phi) is 5.72. The fourth-order valence-electron chi connectivity index (χ4n) is 3.79. The molecule has 1 aromatic heterocycles. The maximum Gasteiger partial charge on any atom is 0.341 e. The Labute approximate surface area is 173 Å². The van der Waals surface area contributed by atoms with Crippen molar-refractivity contribution in [1.29, 1.82) is 0 Å². The zero-order valence-electron chi connectivity index (χ0n) is 16.0. The molecular weight excluding hydrogens is 390 g/mol. The van der Waals surface area contributed by atoms with Crippen molar-refractivity contribution >= 4 is 22.6 Å². The second-order valence-electron chi connectivity index (χ2n) is 7.05. The van der Waals surface area contributed by atoms with Crippen LogP contribution in [0, 0.1) is 0 Å². The normalized spacial score (nSPS) is 14.9. The number of hydrogen-bond acceptors (Lipinski definition) is 5. The number of nitrogens with zero attached hydrogens (tertiary/aromatic N) is 1. The monoisotopic (exact) mass is 411 g/mol. The number of allylic oxidation sites excluding steroid dienone is 1. The van der Waals surface area contributed by atoms with Crippen molar-refractivity contribution in [2.24, 2.45) is 0 Å². The fourth-order valence-corrected chi connectivity index (χ4v) is 4.01. The van der Waals surface area contributed by atoms with Gasteiger partial charge in [-0.1, -0.05) is 48.0 Å². The summed E-state index contributed by atoms with van der Waals surface area (Å²) in [4.78, 5) is 15.3. The third kappa shape index (κ3) is 3.81. The maximum absolute atomic E-state index is 13.1. The molecule has 0 aliphatic carbocycles. The molecular formula is C23H22ClNO4. The van der Waals surface area contributed by atoms with Gasteiger partial charge in [-0.2, -0.15) is 0 Å². The molecule has 1 saturated heterocycles. The van der Waals surface area contributed by atoms with Crippen LogP contribution in [0.1, 0.15) is 11.1 Å². The van der Waals surface area contributed by atoms with E-state index in [0.717, 1.165) is 24.2 Å². The Morgan fingerprint density at radius 3 is 2.59 bits per heavy atom. The van der Waals surface area contributed by atoms with Gasteiger partial charge in [-0.05, 0) is 18.1 Å². The van der Waals surface area contributed by atoms with E-state index in [9.17, 15) is 9.90 Å². The van der Waals surface area contributed by atoms with Gasteiger partial charge in [-0.3, -0.25) is 4.90 Å². The predicted octanol–water partition coefficient (Wildman–Crippen LogP) is 4.38. The average molecular weight is 412 g/mol. The molecule has 1 N–H and O–H groups in total. The molecule has 0 atom stereocenters. The lowest BCUT2D eigenvalue weighted by molar-refractivity contribution is 0.0338. The number of fused-ring (bicyclic) bond motifs is 1. The first-order valence-electron chi connectivity index (χ1n) is 9.56. The van der Waals surface area contributed by atoms with Crippen molar-refractivity contribution in [2.75, 3.05) is 26.3 Å². The van der Waals surface area contributed by atoms with Crippen LogP contribution in [0.2, 0.25) is 5.02 Å². The molecule has 29 heavy (non-hydrogen) atoms. The van der Waals surface area contributed by atoms with Crippen LogP contribution in [-0.4, -0.2) is 36.3 Å². The van der Waals surface area contributed by atoms with Crippen LogP contribution in [0.4, 0.5) is 0 Å². The van der Waals surface area contributed by atoms with Crippen molar-refractivity contribution in [3.63, 3.8) is 0 Å². The molecule has 5 nitrogen and oxygen atoms in total. The molecule has 0 saturated carbocycles. The van der Waals surface area contributed by atoms with Gasteiger partial charge in [0.05, 0.1) is 23.8 Å². The lowest BCUT2D eigenvalue weighted by atomic mass is 9.94. The summed E-state index contributed by atoms with van der Waals surface area (Å²) >= 11 is 6.34. The molecule has 4 rings (SSSR count). The summed E-state index contributed by atoms with van der Waals surface area (Å²) in [5.74, 6) is -0.0813. The van der Waals surface area contributed by atoms with E-state index >= 15 is 0 Å². The third-order valence-electron chi connectivity index (χ3n) is 5.21. The molecule has 0 spiro atoms. The zero-order chi connectivity index (χ0) is 20.4. The summed E-state index contributed by atoms with van der Waals surface area (Å²) in [5.41, 5.74) is 2.68. The van der Waals surface area contributed by atoms with Crippen LogP contribution in [0.25, 0.3) is 22.1 Å². The van der Waals surface area contributed by atoms with Gasteiger partial charge >= 0.3 is 5.63 Å². The predicted molar refractivity (Wildman–Crippen MR) is 115 cm³/mol. The van der Waals surface area contributed by atoms with Gasteiger partial charge in [-0.25, -0.2) is 4.79 Å². The molecule has 1 fully saturated rings. The zero-order valence-corrected chi connectivity index (χ0v) is 16.7. The molecule has 0 bridgehead atoms. The summed E-state index contributed by atoms with van der Waals surface area (Å²) in [6.45, 7) is 6.99. The van der Waals surface area contributed by atoms with Crippen LogP contribution in [0.5, 0.6) is 5.75 Å². The number of ether oxygens (including phenoxy) is 1. The lowest BCUT2D eigenvalue weighted by Crippen LogP contribution is -2.37. The first-order chi connectivity index (χ1) is 14.1. The van der Waals surface area contributed by atoms with E-state index in [1.807, 2.05) is 30.3 Å². The minimum absolute atomic E-state index is 0.0813. The number of halogens is 1. The highest BCUT2D eigenvalue weighted by Crippen LogP contribution is 2.40. The summed E-state index contributed by atoms with van der Waals surface area (Å²) in [5, 5.41) is 11.4. The van der Waals surface area contributed by atoms with Crippen LogP contribution in [0.3, 0.4) is 0 Å². The number of morpholine rings is 1. The number of rotatable bonds is 5. The van der Waals surface area contributed by atoms with Crippen molar-refractivity contribution in [2.45, 2.75) is 13.0 Å². The lowest BCUT2D eigenvalue weighted by Gasteiger charge is -2.27. The molecule has 0 amide bonds. The quantitative estimate of drug-likeness (QED) is 0.498. The Morgan fingerprint density at radius 1 is 1.17 bits per heavy atom. The number of aromatic hydroxyl groups is 1. The van der Waals surface area contributed by atoms with Crippen LogP contribution < -0.4 is 5.63 Å². The summed E-state index contributed by atoms with van der Waals surface area (Å²) < 4.78 is 11.2. The minimum Gasteiger partial charge on any atom is -0.506 e. The molecule has 6 heteroatoms. The van der Waals surface area contributed by atoms with E-state index < -0.39 is 5.63 Å². The van der Waals surface area contributed by atoms with E-state index in [1.54, 1.807) is 12.1 Å². The Balaban J connectivity index is 2.01. The molecule has 3 aromatic rings. The van der Waals surface area contributed by atoms with E-state index in [-0.39, 0.29) is 10.8 Å². The minimum atomic E-state index is -0.408. The fraction of sp³-hybridized carbons (Fsp3) is 0.261. The Hall–Kier alpha value is -2.60. The maximum atomic E-state index is 13.1. The first-order valence-corrected chi connectivity index (χ1v) is 9.94. The molecule has 0 unspecified atom stereocenters. The van der Waals surface area contributed by atoms with E-state index in [4.69, 9.17) is 20.8 Å². The number of phenolic OH excluding ortho intramolecular Hbond substituents is 1. The van der Waals surface area contributed by atoms with Gasteiger partial charge < -0.3 is 14.3 Å². The van der Waals surface area contributed by atoms with Gasteiger partial charge in [0, 0.05) is 36.1 Å². The number of benzene rings is 2. The van der Waals surface area contributed by atoms with Crippen LogP contribution in [-0.2, 0) is 17.7 Å². The molecule has 1 aliphatic rings. The van der Waals surface area contributed by atoms with Crippen molar-refractivity contribution in [1.82, 2.24) is 4.90 Å². The Bertz CT molecular complexity index is 1100. The number of hydrogen-bond donors (Lipinski definition) is 1. The van der Waals surface area contributed by atoms with Crippen LogP contribution >= 0.6 is 11.6 Å². The second-order valence-corrected chi connectivity index (χ2v) is 7.46. The molecule has 2 heterocycles. The molecule has 150 valence electrons. The van der Waals surface area contributed by atoms with Gasteiger partial charge in [0.25, 0.3) is 0 Å². The highest BCUT2D eigenvalue weighted by molar-refractivity contribution is 6.33. The van der Waals surface area contributed by atoms with E-state index in [1.165, 1.54) is 0 Å². The smallest absolute Gasteiger partial charge is 0.341 e. The van der Waals surface area contributed by atoms with E-state index in [2.05, 4.69) is 11.5 Å². The van der Waals surface area contributed by atoms with Gasteiger partial charge in [-0.15, -0.1) is 6.58 Å². The van der Waals surface area contributed by atoms with Gasteiger partial charge in [0.2, 0.25) is 0 Å². The van der Waals surface area contributed by atoms with Crippen molar-refractivity contribution in [3.8, 4) is 16.9 Å². The topological polar surface area (TPSA) is 62.9 Å². The average Bonchev–Trinajstić information content (AvgIpc) is 2.74. The SMILES string of the molecule is C=CCc1c(O)c(Cl)cc2c(-c3ccccc3)c(CN3CCOCC3)c(=O)oc12. The van der Waals surface area contributed by atoms with E-state index in [0.29, 0.717) is 48.3 Å².